The Labute approximate surface area is 117 Å². The molecule has 0 fully saturated rings. The highest BCUT2D eigenvalue weighted by Crippen LogP contribution is 2.22. The Bertz CT molecular complexity index is 524. The van der Waals surface area contributed by atoms with Gasteiger partial charge in [0, 0.05) is 31.3 Å². The van der Waals surface area contributed by atoms with Gasteiger partial charge >= 0.3 is 12.1 Å². The van der Waals surface area contributed by atoms with Crippen molar-refractivity contribution in [3.8, 4) is 0 Å². The monoisotopic (exact) mass is 281 g/mol. The molecule has 7 nitrogen and oxygen atoms in total. The van der Waals surface area contributed by atoms with Crippen molar-refractivity contribution in [3.05, 3.63) is 17.0 Å². The second-order valence-corrected chi connectivity index (χ2v) is 4.84. The average molecular weight is 281 g/mol. The smallest absolute Gasteiger partial charge is 0.410 e. The van der Waals surface area contributed by atoms with Crippen molar-refractivity contribution in [1.82, 2.24) is 14.7 Å². The molecule has 20 heavy (non-hydrogen) atoms. The molecule has 110 valence electrons. The number of carboxylic acids is 1. The molecule has 1 aliphatic heterocycles. The second kappa shape index (κ2) is 5.94. The highest BCUT2D eigenvalue weighted by atomic mass is 16.6. The third kappa shape index (κ3) is 2.76. The van der Waals surface area contributed by atoms with Crippen LogP contribution < -0.4 is 0 Å². The number of fused-ring (bicyclic) bond motifs is 1. The van der Waals surface area contributed by atoms with Crippen LogP contribution >= 0.6 is 0 Å². The summed E-state index contributed by atoms with van der Waals surface area (Å²) < 4.78 is 6.74. The lowest BCUT2D eigenvalue weighted by atomic mass is 10.1. The van der Waals surface area contributed by atoms with Crippen molar-refractivity contribution in [2.45, 2.75) is 32.7 Å². The summed E-state index contributed by atoms with van der Waals surface area (Å²) in [4.78, 5) is 24.6. The van der Waals surface area contributed by atoms with Gasteiger partial charge in [0.05, 0.1) is 13.2 Å². The maximum Gasteiger partial charge on any atom is 0.410 e. The molecule has 0 saturated heterocycles. The number of rotatable bonds is 4. The van der Waals surface area contributed by atoms with E-state index in [1.807, 2.05) is 6.92 Å². The summed E-state index contributed by atoms with van der Waals surface area (Å²) in [7, 11) is 1.72. The Morgan fingerprint density at radius 2 is 2.20 bits per heavy atom. The van der Waals surface area contributed by atoms with Gasteiger partial charge in [0.15, 0.2) is 5.69 Å². The molecule has 1 N–H and O–H groups in total. The zero-order chi connectivity index (χ0) is 14.7. The maximum atomic E-state index is 11.9. The summed E-state index contributed by atoms with van der Waals surface area (Å²) in [5.74, 6) is -1.07. The third-order valence-electron chi connectivity index (χ3n) is 3.43. The molecule has 7 heteroatoms. The van der Waals surface area contributed by atoms with Gasteiger partial charge < -0.3 is 14.7 Å². The summed E-state index contributed by atoms with van der Waals surface area (Å²) in [5.41, 5.74) is 1.51. The summed E-state index contributed by atoms with van der Waals surface area (Å²) in [5, 5.41) is 13.1. The Morgan fingerprint density at radius 1 is 1.45 bits per heavy atom. The van der Waals surface area contributed by atoms with Crippen LogP contribution in [-0.4, -0.2) is 45.0 Å². The number of carbonyl (C=O) groups excluding carboxylic acids is 1. The van der Waals surface area contributed by atoms with E-state index >= 15 is 0 Å². The van der Waals surface area contributed by atoms with E-state index in [4.69, 9.17) is 9.84 Å². The number of ether oxygens (including phenoxy) is 1. The molecular formula is C13H19N3O4. The fourth-order valence-electron chi connectivity index (χ4n) is 2.32. The number of hydrogen-bond donors (Lipinski definition) is 1. The predicted octanol–water partition coefficient (Wildman–Crippen LogP) is 1.41. The van der Waals surface area contributed by atoms with Crippen LogP contribution in [0, 0.1) is 0 Å². The molecule has 1 aliphatic rings. The van der Waals surface area contributed by atoms with E-state index in [1.54, 1.807) is 11.7 Å². The minimum absolute atomic E-state index is 0.0218. The van der Waals surface area contributed by atoms with Crippen LogP contribution in [-0.2, 0) is 24.8 Å². The van der Waals surface area contributed by atoms with E-state index in [0.29, 0.717) is 25.1 Å². The molecule has 2 heterocycles. The first-order valence-corrected chi connectivity index (χ1v) is 6.74. The molecule has 1 aromatic heterocycles. The Hall–Kier alpha value is -2.05. The normalized spacial score (nSPS) is 14.0. The minimum atomic E-state index is -1.07. The quantitative estimate of drug-likeness (QED) is 0.843. The molecule has 0 atom stereocenters. The van der Waals surface area contributed by atoms with Gasteiger partial charge in [-0.05, 0) is 6.42 Å². The van der Waals surface area contributed by atoms with Gasteiger partial charge in [0.25, 0.3) is 0 Å². The fourth-order valence-corrected chi connectivity index (χ4v) is 2.32. The highest BCUT2D eigenvalue weighted by molar-refractivity contribution is 5.87. The average Bonchev–Trinajstić information content (AvgIpc) is 2.76. The zero-order valence-corrected chi connectivity index (χ0v) is 11.8. The highest BCUT2D eigenvalue weighted by Gasteiger charge is 2.29. The molecule has 0 unspecified atom stereocenters. The molecule has 0 radical (unpaired) electrons. The lowest BCUT2D eigenvalue weighted by Crippen LogP contribution is -2.37. The van der Waals surface area contributed by atoms with Crippen molar-refractivity contribution >= 4 is 12.1 Å². The molecule has 0 spiro atoms. The molecule has 0 saturated carbocycles. The van der Waals surface area contributed by atoms with E-state index in [1.165, 1.54) is 4.90 Å². The van der Waals surface area contributed by atoms with Crippen LogP contribution in [0.1, 0.15) is 41.5 Å². The SMILES string of the molecule is CCCCOC(=O)N1CCc2c(c(C(=O)O)nn2C)C1. The standard InChI is InChI=1S/C13H19N3O4/c1-3-4-7-20-13(19)16-6-5-10-9(8-16)11(12(17)18)14-15(10)2/h3-8H2,1-2H3,(H,17,18). The molecule has 0 aliphatic carbocycles. The van der Waals surface area contributed by atoms with Crippen molar-refractivity contribution in [2.24, 2.45) is 7.05 Å². The van der Waals surface area contributed by atoms with Gasteiger partial charge in [-0.25, -0.2) is 9.59 Å². The van der Waals surface area contributed by atoms with Gasteiger partial charge in [-0.1, -0.05) is 13.3 Å². The summed E-state index contributed by atoms with van der Waals surface area (Å²) in [6.07, 6.45) is 2.00. The van der Waals surface area contributed by atoms with Crippen LogP contribution in [0.25, 0.3) is 0 Å². The van der Waals surface area contributed by atoms with Crippen molar-refractivity contribution in [1.29, 1.82) is 0 Å². The van der Waals surface area contributed by atoms with Gasteiger partial charge in [-0.2, -0.15) is 5.10 Å². The van der Waals surface area contributed by atoms with E-state index in [-0.39, 0.29) is 18.3 Å². The van der Waals surface area contributed by atoms with Crippen molar-refractivity contribution < 1.29 is 19.4 Å². The van der Waals surface area contributed by atoms with E-state index in [2.05, 4.69) is 5.10 Å². The van der Waals surface area contributed by atoms with Crippen molar-refractivity contribution in [3.63, 3.8) is 0 Å². The number of carboxylic acid groups (broad SMARTS) is 1. The van der Waals surface area contributed by atoms with E-state index in [0.717, 1.165) is 18.5 Å². The molecule has 0 aromatic carbocycles. The summed E-state index contributed by atoms with van der Waals surface area (Å²) >= 11 is 0. The first-order chi connectivity index (χ1) is 9.54. The van der Waals surface area contributed by atoms with Crippen LogP contribution in [0.3, 0.4) is 0 Å². The Balaban J connectivity index is 2.10. The Kier molecular flexibility index (Phi) is 4.26. The van der Waals surface area contributed by atoms with Crippen LogP contribution in [0.5, 0.6) is 0 Å². The largest absolute Gasteiger partial charge is 0.476 e. The first kappa shape index (κ1) is 14.4. The number of amides is 1. The minimum Gasteiger partial charge on any atom is -0.476 e. The van der Waals surface area contributed by atoms with Gasteiger partial charge in [0.1, 0.15) is 0 Å². The van der Waals surface area contributed by atoms with Gasteiger partial charge in [-0.3, -0.25) is 4.68 Å². The second-order valence-electron chi connectivity index (χ2n) is 4.84. The molecule has 2 rings (SSSR count). The lowest BCUT2D eigenvalue weighted by molar-refractivity contribution is 0.0683. The van der Waals surface area contributed by atoms with Crippen LogP contribution in [0.15, 0.2) is 0 Å². The number of aromatic nitrogens is 2. The molecule has 1 amide bonds. The molecule has 1 aromatic rings. The predicted molar refractivity (Wildman–Crippen MR) is 70.5 cm³/mol. The topological polar surface area (TPSA) is 84.7 Å². The number of aryl methyl sites for hydroxylation is 1. The first-order valence-electron chi connectivity index (χ1n) is 6.74. The maximum absolute atomic E-state index is 11.9. The van der Waals surface area contributed by atoms with E-state index < -0.39 is 5.97 Å². The van der Waals surface area contributed by atoms with Crippen LogP contribution in [0.2, 0.25) is 0 Å². The summed E-state index contributed by atoms with van der Waals surface area (Å²) in [6.45, 7) is 3.19. The zero-order valence-electron chi connectivity index (χ0n) is 11.8. The number of aromatic carboxylic acids is 1. The number of nitrogens with zero attached hydrogens (tertiary/aromatic N) is 3. The fraction of sp³-hybridized carbons (Fsp3) is 0.615. The molecule has 0 bridgehead atoms. The van der Waals surface area contributed by atoms with Gasteiger partial charge in [-0.15, -0.1) is 0 Å². The van der Waals surface area contributed by atoms with E-state index in [9.17, 15) is 9.59 Å². The number of carbonyl (C=O) groups is 2. The molecular weight excluding hydrogens is 262 g/mol. The number of unbranched alkanes of at least 4 members (excludes halogenated alkanes) is 1. The lowest BCUT2D eigenvalue weighted by Gasteiger charge is -2.26. The van der Waals surface area contributed by atoms with Gasteiger partial charge in [0.2, 0.25) is 0 Å². The Morgan fingerprint density at radius 3 is 2.85 bits per heavy atom. The summed E-state index contributed by atoms with van der Waals surface area (Å²) in [6, 6.07) is 0. The van der Waals surface area contributed by atoms with Crippen molar-refractivity contribution in [2.75, 3.05) is 13.2 Å². The van der Waals surface area contributed by atoms with Crippen LogP contribution in [0.4, 0.5) is 4.79 Å². The third-order valence-corrected chi connectivity index (χ3v) is 3.43. The number of hydrogen-bond acceptors (Lipinski definition) is 4.